The third-order valence-corrected chi connectivity index (χ3v) is 2.71. The lowest BCUT2D eigenvalue weighted by Crippen LogP contribution is -1.99. The van der Waals surface area contributed by atoms with Gasteiger partial charge in [0.05, 0.1) is 7.11 Å². The van der Waals surface area contributed by atoms with Gasteiger partial charge in [0.15, 0.2) is 0 Å². The van der Waals surface area contributed by atoms with Crippen molar-refractivity contribution in [3.05, 3.63) is 59.7 Å². The van der Waals surface area contributed by atoms with Crippen LogP contribution in [0, 0.1) is 12.3 Å². The van der Waals surface area contributed by atoms with Crippen molar-refractivity contribution < 1.29 is 4.74 Å². The minimum absolute atomic E-state index is 0.775. The van der Waals surface area contributed by atoms with Crippen LogP contribution in [0.25, 0.3) is 0 Å². The molecule has 2 heteroatoms. The molecule has 0 saturated carbocycles. The number of benzene rings is 2. The molecule has 0 bridgehead atoms. The summed E-state index contributed by atoms with van der Waals surface area (Å²) in [4.78, 5) is 0. The van der Waals surface area contributed by atoms with Gasteiger partial charge in [-0.2, -0.15) is 0 Å². The molecule has 0 aliphatic heterocycles. The van der Waals surface area contributed by atoms with E-state index in [1.165, 1.54) is 5.56 Å². The van der Waals surface area contributed by atoms with Crippen LogP contribution in [0.4, 0.5) is 5.69 Å². The Kier molecular flexibility index (Phi) is 3.88. The van der Waals surface area contributed by atoms with Crippen LogP contribution >= 0.6 is 0 Å². The van der Waals surface area contributed by atoms with E-state index >= 15 is 0 Å². The molecular formula is C16H15NO. The topological polar surface area (TPSA) is 21.3 Å². The Bertz CT molecular complexity index is 535. The van der Waals surface area contributed by atoms with Crippen molar-refractivity contribution in [3.63, 3.8) is 0 Å². The summed E-state index contributed by atoms with van der Waals surface area (Å²) >= 11 is 0. The summed E-state index contributed by atoms with van der Waals surface area (Å²) in [6, 6.07) is 15.8. The van der Waals surface area contributed by atoms with Crippen molar-refractivity contribution in [2.45, 2.75) is 6.54 Å². The smallest absolute Gasteiger partial charge is 0.119 e. The molecule has 0 heterocycles. The standard InChI is InChI=1S/C16H15NO/c1-3-13-4-6-14(7-5-13)12-17-15-8-10-16(18-2)11-9-15/h1,4-11,17H,12H2,2H3. The molecular weight excluding hydrogens is 222 g/mol. The van der Waals surface area contributed by atoms with Gasteiger partial charge in [-0.15, -0.1) is 6.42 Å². The Morgan fingerprint density at radius 1 is 1.06 bits per heavy atom. The molecule has 90 valence electrons. The lowest BCUT2D eigenvalue weighted by atomic mass is 10.1. The van der Waals surface area contributed by atoms with Gasteiger partial charge in [0.2, 0.25) is 0 Å². The highest BCUT2D eigenvalue weighted by Gasteiger charge is 1.95. The van der Waals surface area contributed by atoms with E-state index in [-0.39, 0.29) is 0 Å². The number of hydrogen-bond donors (Lipinski definition) is 1. The fraction of sp³-hybridized carbons (Fsp3) is 0.125. The van der Waals surface area contributed by atoms with Crippen LogP contribution in [0.5, 0.6) is 5.75 Å². The fourth-order valence-corrected chi connectivity index (χ4v) is 1.63. The van der Waals surface area contributed by atoms with Gasteiger partial charge in [-0.3, -0.25) is 0 Å². The van der Waals surface area contributed by atoms with E-state index in [0.29, 0.717) is 0 Å². The van der Waals surface area contributed by atoms with Crippen molar-refractivity contribution in [2.75, 3.05) is 12.4 Å². The van der Waals surface area contributed by atoms with Crippen molar-refractivity contribution in [3.8, 4) is 18.1 Å². The van der Waals surface area contributed by atoms with E-state index in [2.05, 4.69) is 11.2 Å². The van der Waals surface area contributed by atoms with Crippen molar-refractivity contribution >= 4 is 5.69 Å². The molecule has 2 nitrogen and oxygen atoms in total. The SMILES string of the molecule is C#Cc1ccc(CNc2ccc(OC)cc2)cc1. The van der Waals surface area contributed by atoms with E-state index in [4.69, 9.17) is 11.2 Å². The van der Waals surface area contributed by atoms with Gasteiger partial charge >= 0.3 is 0 Å². The Morgan fingerprint density at radius 2 is 1.72 bits per heavy atom. The van der Waals surface area contributed by atoms with E-state index in [0.717, 1.165) is 23.5 Å². The lowest BCUT2D eigenvalue weighted by Gasteiger charge is -2.07. The molecule has 0 amide bonds. The molecule has 0 aliphatic carbocycles. The molecule has 1 N–H and O–H groups in total. The van der Waals surface area contributed by atoms with Gasteiger partial charge < -0.3 is 10.1 Å². The summed E-state index contributed by atoms with van der Waals surface area (Å²) in [5, 5.41) is 3.34. The zero-order valence-corrected chi connectivity index (χ0v) is 10.3. The molecule has 18 heavy (non-hydrogen) atoms. The maximum Gasteiger partial charge on any atom is 0.119 e. The minimum Gasteiger partial charge on any atom is -0.497 e. The van der Waals surface area contributed by atoms with Gasteiger partial charge in [-0.25, -0.2) is 0 Å². The molecule has 2 aromatic carbocycles. The number of anilines is 1. The number of rotatable bonds is 4. The molecule has 0 aliphatic rings. The van der Waals surface area contributed by atoms with Crippen molar-refractivity contribution in [1.82, 2.24) is 0 Å². The second kappa shape index (κ2) is 5.79. The average Bonchev–Trinajstić information content (AvgIpc) is 2.46. The molecule has 0 unspecified atom stereocenters. The molecule has 2 aromatic rings. The van der Waals surface area contributed by atoms with Gasteiger partial charge in [0.1, 0.15) is 5.75 Å². The normalized spacial score (nSPS) is 9.56. The fourth-order valence-electron chi connectivity index (χ4n) is 1.63. The second-order valence-corrected chi connectivity index (χ2v) is 3.92. The van der Waals surface area contributed by atoms with Gasteiger partial charge in [0.25, 0.3) is 0 Å². The summed E-state index contributed by atoms with van der Waals surface area (Å²) in [5.41, 5.74) is 3.17. The van der Waals surface area contributed by atoms with Crippen LogP contribution in [0.1, 0.15) is 11.1 Å². The molecule has 0 spiro atoms. The highest BCUT2D eigenvalue weighted by atomic mass is 16.5. The first-order chi connectivity index (χ1) is 8.81. The minimum atomic E-state index is 0.775. The lowest BCUT2D eigenvalue weighted by molar-refractivity contribution is 0.415. The largest absolute Gasteiger partial charge is 0.497 e. The Hall–Kier alpha value is -2.40. The predicted octanol–water partition coefficient (Wildman–Crippen LogP) is 3.29. The van der Waals surface area contributed by atoms with Crippen LogP contribution in [0.15, 0.2) is 48.5 Å². The average molecular weight is 237 g/mol. The predicted molar refractivity (Wildman–Crippen MR) is 74.7 cm³/mol. The zero-order chi connectivity index (χ0) is 12.8. The summed E-state index contributed by atoms with van der Waals surface area (Å²) in [6.07, 6.45) is 5.31. The Labute approximate surface area is 108 Å². The molecule has 0 fully saturated rings. The number of terminal acetylenes is 1. The van der Waals surface area contributed by atoms with Crippen LogP contribution in [-0.4, -0.2) is 7.11 Å². The first kappa shape index (κ1) is 12.1. The van der Waals surface area contributed by atoms with Gasteiger partial charge in [0, 0.05) is 17.8 Å². The number of methoxy groups -OCH3 is 1. The summed E-state index contributed by atoms with van der Waals surface area (Å²) in [6.45, 7) is 0.775. The van der Waals surface area contributed by atoms with E-state index in [9.17, 15) is 0 Å². The zero-order valence-electron chi connectivity index (χ0n) is 10.3. The molecule has 2 rings (SSSR count). The van der Waals surface area contributed by atoms with E-state index in [1.807, 2.05) is 48.5 Å². The monoisotopic (exact) mass is 237 g/mol. The van der Waals surface area contributed by atoms with E-state index in [1.54, 1.807) is 7.11 Å². The highest BCUT2D eigenvalue weighted by molar-refractivity contribution is 5.47. The summed E-state index contributed by atoms with van der Waals surface area (Å²) in [7, 11) is 1.66. The van der Waals surface area contributed by atoms with Gasteiger partial charge in [-0.1, -0.05) is 18.1 Å². The maximum atomic E-state index is 5.31. The first-order valence-electron chi connectivity index (χ1n) is 5.75. The molecule has 0 saturated heterocycles. The Morgan fingerprint density at radius 3 is 2.28 bits per heavy atom. The second-order valence-electron chi connectivity index (χ2n) is 3.92. The molecule has 0 atom stereocenters. The Balaban J connectivity index is 1.95. The number of hydrogen-bond acceptors (Lipinski definition) is 2. The summed E-state index contributed by atoms with van der Waals surface area (Å²) < 4.78 is 5.11. The summed E-state index contributed by atoms with van der Waals surface area (Å²) in [5.74, 6) is 3.47. The van der Waals surface area contributed by atoms with Crippen LogP contribution in [-0.2, 0) is 6.54 Å². The van der Waals surface area contributed by atoms with Crippen LogP contribution < -0.4 is 10.1 Å². The van der Waals surface area contributed by atoms with Gasteiger partial charge in [-0.05, 0) is 42.0 Å². The first-order valence-corrected chi connectivity index (χ1v) is 5.75. The van der Waals surface area contributed by atoms with E-state index < -0.39 is 0 Å². The van der Waals surface area contributed by atoms with Crippen LogP contribution in [0.2, 0.25) is 0 Å². The highest BCUT2D eigenvalue weighted by Crippen LogP contribution is 2.15. The van der Waals surface area contributed by atoms with Crippen molar-refractivity contribution in [1.29, 1.82) is 0 Å². The van der Waals surface area contributed by atoms with Crippen molar-refractivity contribution in [2.24, 2.45) is 0 Å². The molecule has 0 aromatic heterocycles. The molecule has 0 radical (unpaired) electrons. The number of ether oxygens (including phenoxy) is 1. The maximum absolute atomic E-state index is 5.31. The number of nitrogens with one attached hydrogen (secondary N) is 1. The quantitative estimate of drug-likeness (QED) is 0.824. The third kappa shape index (κ3) is 3.05. The third-order valence-electron chi connectivity index (χ3n) is 2.71. The van der Waals surface area contributed by atoms with Crippen LogP contribution in [0.3, 0.4) is 0 Å².